The lowest BCUT2D eigenvalue weighted by Crippen LogP contribution is -1.83. The van der Waals surface area contributed by atoms with Crippen LogP contribution in [-0.4, -0.2) is 11.7 Å². The Kier molecular flexibility index (Phi) is 11.4. The Morgan fingerprint density at radius 2 is 1.93 bits per heavy atom. The monoisotopic (exact) mass is 262 g/mol. The van der Waals surface area contributed by atoms with Crippen LogP contribution in [0.25, 0.3) is 0 Å². The van der Waals surface area contributed by atoms with Crippen LogP contribution in [0, 0.1) is 0 Å². The fraction of sp³-hybridized carbons (Fsp3) is 0.833. The smallest absolute Gasteiger partial charge is 0.0431 e. The van der Waals surface area contributed by atoms with E-state index in [1.165, 1.54) is 36.6 Å². The molecule has 0 bridgehead atoms. The van der Waals surface area contributed by atoms with Crippen molar-refractivity contribution in [3.05, 3.63) is 10.6 Å². The highest BCUT2D eigenvalue weighted by Crippen LogP contribution is 2.16. The van der Waals surface area contributed by atoms with Gasteiger partial charge in [-0.1, -0.05) is 48.2 Å². The van der Waals surface area contributed by atoms with E-state index in [1.807, 2.05) is 0 Å². The molecule has 84 valence electrons. The van der Waals surface area contributed by atoms with Crippen LogP contribution in [0.2, 0.25) is 0 Å². The van der Waals surface area contributed by atoms with Crippen molar-refractivity contribution in [3.8, 4) is 0 Å². The lowest BCUT2D eigenvalue weighted by atomic mass is 10.1. The second-order valence-electron chi connectivity index (χ2n) is 3.68. The van der Waals surface area contributed by atoms with Crippen molar-refractivity contribution in [2.24, 2.45) is 0 Å². The van der Waals surface area contributed by atoms with E-state index in [4.69, 9.17) is 5.11 Å². The molecule has 1 nitrogen and oxygen atoms in total. The molecule has 14 heavy (non-hydrogen) atoms. The number of hydrogen-bond acceptors (Lipinski definition) is 1. The molecule has 0 spiro atoms. The van der Waals surface area contributed by atoms with Crippen LogP contribution in [-0.2, 0) is 0 Å². The molecule has 0 radical (unpaired) electrons. The molecule has 0 rings (SSSR count). The first kappa shape index (κ1) is 14.2. The molecule has 0 atom stereocenters. The maximum atomic E-state index is 8.62. The second kappa shape index (κ2) is 11.3. The first-order chi connectivity index (χ1) is 6.81. The molecule has 0 aromatic carbocycles. The molecule has 0 aliphatic rings. The van der Waals surface area contributed by atoms with E-state index >= 15 is 0 Å². The molecule has 0 heterocycles. The topological polar surface area (TPSA) is 20.2 Å². The largest absolute Gasteiger partial charge is 0.396 e. The first-order valence-electron chi connectivity index (χ1n) is 5.76. The Hall–Kier alpha value is 0.180. The Morgan fingerprint density at radius 3 is 2.57 bits per heavy atom. The zero-order valence-electron chi connectivity index (χ0n) is 9.27. The van der Waals surface area contributed by atoms with Crippen molar-refractivity contribution in [1.82, 2.24) is 0 Å². The normalized spacial score (nSPS) is 12.1. The molecular formula is C12H23BrO. The van der Waals surface area contributed by atoms with Crippen LogP contribution in [0.5, 0.6) is 0 Å². The van der Waals surface area contributed by atoms with Crippen LogP contribution in [0.4, 0.5) is 0 Å². The first-order valence-corrected chi connectivity index (χ1v) is 6.56. The van der Waals surface area contributed by atoms with Gasteiger partial charge in [0.05, 0.1) is 0 Å². The van der Waals surface area contributed by atoms with Crippen molar-refractivity contribution in [2.75, 3.05) is 6.61 Å². The maximum absolute atomic E-state index is 8.62. The number of aliphatic hydroxyl groups is 1. The molecular weight excluding hydrogens is 240 g/mol. The minimum Gasteiger partial charge on any atom is -0.396 e. The van der Waals surface area contributed by atoms with Gasteiger partial charge in [0.15, 0.2) is 0 Å². The lowest BCUT2D eigenvalue weighted by molar-refractivity contribution is 0.285. The summed E-state index contributed by atoms with van der Waals surface area (Å²) in [5.41, 5.74) is 0. The van der Waals surface area contributed by atoms with Crippen molar-refractivity contribution < 1.29 is 5.11 Å². The van der Waals surface area contributed by atoms with Crippen LogP contribution >= 0.6 is 15.9 Å². The van der Waals surface area contributed by atoms with Gasteiger partial charge in [0.2, 0.25) is 0 Å². The summed E-state index contributed by atoms with van der Waals surface area (Å²) < 4.78 is 1.31. The van der Waals surface area contributed by atoms with E-state index in [0.29, 0.717) is 6.61 Å². The highest BCUT2D eigenvalue weighted by Gasteiger charge is 1.92. The molecule has 0 aromatic heterocycles. The molecule has 0 aliphatic carbocycles. The number of unbranched alkanes of at least 4 members (excludes halogenated alkanes) is 5. The van der Waals surface area contributed by atoms with E-state index in [1.54, 1.807) is 0 Å². The molecule has 0 aromatic rings. The highest BCUT2D eigenvalue weighted by molar-refractivity contribution is 9.11. The number of allylic oxidation sites excluding steroid dienone is 2. The van der Waals surface area contributed by atoms with Gasteiger partial charge in [0.1, 0.15) is 0 Å². The highest BCUT2D eigenvalue weighted by atomic mass is 79.9. The van der Waals surface area contributed by atoms with Gasteiger partial charge < -0.3 is 5.11 Å². The van der Waals surface area contributed by atoms with Crippen molar-refractivity contribution in [2.45, 2.75) is 58.3 Å². The van der Waals surface area contributed by atoms with Gasteiger partial charge in [-0.05, 0) is 36.6 Å². The summed E-state index contributed by atoms with van der Waals surface area (Å²) in [6, 6.07) is 0. The van der Waals surface area contributed by atoms with Crippen molar-refractivity contribution in [1.29, 1.82) is 0 Å². The minimum absolute atomic E-state index is 0.316. The summed E-state index contributed by atoms with van der Waals surface area (Å²) in [6.07, 6.45) is 11.9. The standard InChI is InChI=1S/C12H23BrO/c1-2-3-4-5-6-9-12(13)10-7-8-11-14/h9,14H,2-8,10-11H2,1H3/b12-9-. The van der Waals surface area contributed by atoms with Gasteiger partial charge in [-0.15, -0.1) is 0 Å². The number of aliphatic hydroxyl groups excluding tert-OH is 1. The zero-order chi connectivity index (χ0) is 10.6. The molecule has 0 amide bonds. The zero-order valence-corrected chi connectivity index (χ0v) is 10.9. The summed E-state index contributed by atoms with van der Waals surface area (Å²) in [6.45, 7) is 2.55. The van der Waals surface area contributed by atoms with Gasteiger partial charge >= 0.3 is 0 Å². The van der Waals surface area contributed by atoms with E-state index in [2.05, 4.69) is 28.9 Å². The van der Waals surface area contributed by atoms with Crippen LogP contribution in [0.15, 0.2) is 10.6 Å². The van der Waals surface area contributed by atoms with E-state index in [-0.39, 0.29) is 0 Å². The van der Waals surface area contributed by atoms with Crippen molar-refractivity contribution in [3.63, 3.8) is 0 Å². The van der Waals surface area contributed by atoms with Gasteiger partial charge in [-0.2, -0.15) is 0 Å². The van der Waals surface area contributed by atoms with Gasteiger partial charge in [0, 0.05) is 6.61 Å². The molecule has 0 fully saturated rings. The average Bonchev–Trinajstić information content (AvgIpc) is 2.18. The summed E-state index contributed by atoms with van der Waals surface area (Å²) >= 11 is 3.56. The third-order valence-corrected chi connectivity index (χ3v) is 2.97. The second-order valence-corrected chi connectivity index (χ2v) is 4.70. The third-order valence-electron chi connectivity index (χ3n) is 2.25. The number of rotatable bonds is 9. The van der Waals surface area contributed by atoms with Crippen molar-refractivity contribution >= 4 is 15.9 Å². The summed E-state index contributed by atoms with van der Waals surface area (Å²) in [5, 5.41) is 8.62. The fourth-order valence-corrected chi connectivity index (χ4v) is 1.85. The maximum Gasteiger partial charge on any atom is 0.0431 e. The van der Waals surface area contributed by atoms with Crippen LogP contribution < -0.4 is 0 Å². The number of halogens is 1. The summed E-state index contributed by atoms with van der Waals surface area (Å²) in [5.74, 6) is 0. The predicted molar refractivity (Wildman–Crippen MR) is 66.7 cm³/mol. The Bertz CT molecular complexity index is 143. The van der Waals surface area contributed by atoms with Gasteiger partial charge in [-0.25, -0.2) is 0 Å². The predicted octanol–water partition coefficient (Wildman–Crippen LogP) is 4.40. The molecule has 0 unspecified atom stereocenters. The molecule has 0 aliphatic heterocycles. The third kappa shape index (κ3) is 10.3. The molecule has 1 N–H and O–H groups in total. The fourth-order valence-electron chi connectivity index (χ4n) is 1.34. The Morgan fingerprint density at radius 1 is 1.14 bits per heavy atom. The van der Waals surface area contributed by atoms with E-state index < -0.39 is 0 Å². The summed E-state index contributed by atoms with van der Waals surface area (Å²) in [7, 11) is 0. The molecule has 0 saturated heterocycles. The average molecular weight is 263 g/mol. The quantitative estimate of drug-likeness (QED) is 0.611. The minimum atomic E-state index is 0.316. The Balaban J connectivity index is 3.27. The van der Waals surface area contributed by atoms with E-state index in [9.17, 15) is 0 Å². The summed E-state index contributed by atoms with van der Waals surface area (Å²) in [4.78, 5) is 0. The van der Waals surface area contributed by atoms with Gasteiger partial charge in [-0.3, -0.25) is 0 Å². The Labute approximate surface area is 96.7 Å². The molecule has 0 saturated carbocycles. The van der Waals surface area contributed by atoms with Crippen LogP contribution in [0.3, 0.4) is 0 Å². The number of hydrogen-bond donors (Lipinski definition) is 1. The van der Waals surface area contributed by atoms with Gasteiger partial charge in [0.25, 0.3) is 0 Å². The SMILES string of the molecule is CCCCCC/C=C(\Br)CCCCO. The lowest BCUT2D eigenvalue weighted by Gasteiger charge is -1.99. The van der Waals surface area contributed by atoms with Crippen LogP contribution in [0.1, 0.15) is 58.3 Å². The van der Waals surface area contributed by atoms with E-state index in [0.717, 1.165) is 19.3 Å². The molecule has 2 heteroatoms.